The lowest BCUT2D eigenvalue weighted by Crippen LogP contribution is -2.25. The molecule has 0 aliphatic rings. The lowest BCUT2D eigenvalue weighted by Gasteiger charge is -2.13. The highest BCUT2D eigenvalue weighted by molar-refractivity contribution is 6.22. The van der Waals surface area contributed by atoms with Crippen LogP contribution in [-0.4, -0.2) is 28.7 Å². The number of aryl methyl sites for hydroxylation is 1. The van der Waals surface area contributed by atoms with Gasteiger partial charge in [-0.3, -0.25) is 18.8 Å². The van der Waals surface area contributed by atoms with E-state index in [0.717, 1.165) is 54.7 Å². The molecule has 0 amide bonds. The molecule has 47 heavy (non-hydrogen) atoms. The molecule has 9 aromatic rings. The largest absolute Gasteiger partial charge is 0.276 e. The Kier molecular flexibility index (Phi) is 5.41. The van der Waals surface area contributed by atoms with E-state index in [1.165, 1.54) is 0 Å². The number of nitriles is 2. The molecule has 0 unspecified atom stereocenters. The standard InChI is InChI=1S/C38H19N9/c1-21-13-22(19-39)15-24(14-21)31(25-16-23(20-40)17-26(18-25)41-2)38-46-34-27(5-3-7-29(34)32-36(46)44-11-9-42-32)28-6-4-8-30-33-37(45-12-10-43-33)47(38)35(28)30/h3-18H,1H3. The molecule has 0 spiro atoms. The molecule has 0 aliphatic carbocycles. The predicted octanol–water partition coefficient (Wildman–Crippen LogP) is 6.95. The highest BCUT2D eigenvalue weighted by Gasteiger charge is 2.24. The summed E-state index contributed by atoms with van der Waals surface area (Å²) < 4.78 is 4.22. The number of aromatic nitrogens is 6. The summed E-state index contributed by atoms with van der Waals surface area (Å²) >= 11 is 0. The average Bonchev–Trinajstić information content (AvgIpc) is 3.59. The normalized spacial score (nSPS) is 11.4. The smallest absolute Gasteiger partial charge is 0.189 e. The minimum atomic E-state index is 0.323. The van der Waals surface area contributed by atoms with Crippen molar-refractivity contribution in [3.05, 3.63) is 142 Å². The lowest BCUT2D eigenvalue weighted by molar-refractivity contribution is 0.997. The Hall–Kier alpha value is -7.15. The molecule has 5 aromatic heterocycles. The van der Waals surface area contributed by atoms with E-state index < -0.39 is 0 Å². The Labute approximate surface area is 266 Å². The monoisotopic (exact) mass is 601 g/mol. The second kappa shape index (κ2) is 9.67. The van der Waals surface area contributed by atoms with Gasteiger partial charge in [-0.15, -0.1) is 0 Å². The van der Waals surface area contributed by atoms with Crippen LogP contribution in [0.2, 0.25) is 0 Å². The van der Waals surface area contributed by atoms with E-state index in [9.17, 15) is 10.5 Å². The van der Waals surface area contributed by atoms with Crippen LogP contribution in [0.4, 0.5) is 5.69 Å². The number of hydrogen-bond acceptors (Lipinski definition) is 6. The maximum Gasteiger partial charge on any atom is 0.189 e. The summed E-state index contributed by atoms with van der Waals surface area (Å²) in [5.74, 6) is 0. The molecule has 0 aliphatic heterocycles. The molecule has 9 rings (SSSR count). The van der Waals surface area contributed by atoms with Crippen LogP contribution in [0.15, 0.2) is 97.6 Å². The van der Waals surface area contributed by atoms with Crippen molar-refractivity contribution < 1.29 is 0 Å². The van der Waals surface area contributed by atoms with E-state index in [-0.39, 0.29) is 0 Å². The summed E-state index contributed by atoms with van der Waals surface area (Å²) in [5, 5.41) is 24.0. The average molecular weight is 602 g/mol. The second-order valence-corrected chi connectivity index (χ2v) is 11.4. The molecule has 0 saturated heterocycles. The van der Waals surface area contributed by atoms with Crippen LogP contribution in [0.3, 0.4) is 0 Å². The predicted molar refractivity (Wildman–Crippen MR) is 180 cm³/mol. The zero-order valence-electron chi connectivity index (χ0n) is 24.8. The summed E-state index contributed by atoms with van der Waals surface area (Å²) in [4.78, 5) is 23.1. The van der Waals surface area contributed by atoms with Gasteiger partial charge in [0.1, 0.15) is 16.5 Å². The first-order valence-electron chi connectivity index (χ1n) is 14.8. The molecule has 9 nitrogen and oxygen atoms in total. The van der Waals surface area contributed by atoms with Crippen LogP contribution >= 0.6 is 0 Å². The Morgan fingerprint density at radius 1 is 0.660 bits per heavy atom. The molecule has 5 heterocycles. The fourth-order valence-corrected chi connectivity index (χ4v) is 7.00. The maximum absolute atomic E-state index is 10.1. The number of para-hydroxylation sites is 2. The molecular formula is C38H19N9. The molecule has 0 saturated carbocycles. The van der Waals surface area contributed by atoms with E-state index in [4.69, 9.17) is 26.5 Å². The van der Waals surface area contributed by atoms with E-state index in [1.54, 1.807) is 43.0 Å². The van der Waals surface area contributed by atoms with Crippen molar-refractivity contribution in [1.82, 2.24) is 28.7 Å². The minimum Gasteiger partial charge on any atom is -0.276 e. The van der Waals surface area contributed by atoms with Gasteiger partial charge < -0.3 is 0 Å². The van der Waals surface area contributed by atoms with Crippen molar-refractivity contribution in [3.63, 3.8) is 0 Å². The topological polar surface area (TPSA) is 112 Å². The third-order valence-corrected chi connectivity index (χ3v) is 8.71. The highest BCUT2D eigenvalue weighted by atomic mass is 15.1. The third-order valence-electron chi connectivity index (χ3n) is 8.71. The van der Waals surface area contributed by atoms with E-state index in [1.807, 2.05) is 37.3 Å². The summed E-state index contributed by atoms with van der Waals surface area (Å²) in [6.45, 7) is 9.84. The number of hydrogen-bond donors (Lipinski definition) is 0. The van der Waals surface area contributed by atoms with Gasteiger partial charge in [0.25, 0.3) is 0 Å². The molecule has 0 N–H and O–H groups in total. The van der Waals surface area contributed by atoms with Crippen LogP contribution < -0.4 is 5.48 Å². The van der Waals surface area contributed by atoms with Crippen molar-refractivity contribution in [3.8, 4) is 12.1 Å². The van der Waals surface area contributed by atoms with Gasteiger partial charge in [-0.25, -0.2) is 14.8 Å². The van der Waals surface area contributed by atoms with Crippen molar-refractivity contribution in [2.75, 3.05) is 0 Å². The Bertz CT molecular complexity index is 2850. The molecule has 0 atom stereocenters. The molecule has 216 valence electrons. The third kappa shape index (κ3) is 3.61. The number of rotatable bonds is 2. The summed E-state index contributed by atoms with van der Waals surface area (Å²) in [6.07, 6.45) is 6.73. The maximum atomic E-state index is 10.1. The van der Waals surface area contributed by atoms with Crippen LogP contribution in [0.25, 0.3) is 65.3 Å². The van der Waals surface area contributed by atoms with Crippen molar-refractivity contribution >= 4 is 66.2 Å². The minimum absolute atomic E-state index is 0.323. The Balaban J connectivity index is 1.76. The Morgan fingerprint density at radius 2 is 1.17 bits per heavy atom. The quantitative estimate of drug-likeness (QED) is 0.198. The van der Waals surface area contributed by atoms with Gasteiger partial charge in [0.15, 0.2) is 17.0 Å². The van der Waals surface area contributed by atoms with E-state index >= 15 is 0 Å². The van der Waals surface area contributed by atoms with Gasteiger partial charge in [0, 0.05) is 57.5 Å². The first-order chi connectivity index (χ1) is 23.1. The molecule has 9 heteroatoms. The second-order valence-electron chi connectivity index (χ2n) is 11.4. The number of nitrogens with zero attached hydrogens (tertiary/aromatic N) is 9. The zero-order valence-corrected chi connectivity index (χ0v) is 24.8. The SMILES string of the molecule is [C-]#[N+]c1cc(C#N)cc(C(c2cc(C)cc(C#N)c2)=c2n3c4nccnc4c4cccc(c5cccc6c7nccnc7n2c56)c43)c1. The fourth-order valence-electron chi connectivity index (χ4n) is 7.00. The molecule has 4 aromatic carbocycles. The van der Waals surface area contributed by atoms with E-state index in [2.05, 4.69) is 50.1 Å². The van der Waals surface area contributed by atoms with Crippen molar-refractivity contribution in [2.45, 2.75) is 6.92 Å². The van der Waals surface area contributed by atoms with Gasteiger partial charge in [0.2, 0.25) is 0 Å². The summed E-state index contributed by atoms with van der Waals surface area (Å²) in [6, 6.07) is 27.8. The van der Waals surface area contributed by atoms with Crippen molar-refractivity contribution in [2.24, 2.45) is 0 Å². The number of benzene rings is 4. The molecular weight excluding hydrogens is 582 g/mol. The molecule has 0 fully saturated rings. The van der Waals surface area contributed by atoms with Gasteiger partial charge in [-0.2, -0.15) is 10.5 Å². The van der Waals surface area contributed by atoms with Crippen LogP contribution in [-0.2, 0) is 0 Å². The molecule has 0 radical (unpaired) electrons. The van der Waals surface area contributed by atoms with Crippen molar-refractivity contribution in [1.29, 1.82) is 10.5 Å². The Morgan fingerprint density at radius 3 is 1.72 bits per heavy atom. The first-order valence-corrected chi connectivity index (χ1v) is 14.8. The highest BCUT2D eigenvalue weighted by Crippen LogP contribution is 2.37. The van der Waals surface area contributed by atoms with Gasteiger partial charge in [0.05, 0.1) is 35.3 Å². The van der Waals surface area contributed by atoms with Crippen LogP contribution in [0, 0.1) is 36.2 Å². The summed E-state index contributed by atoms with van der Waals surface area (Å²) in [7, 11) is 0. The number of fused-ring (bicyclic) bond motifs is 7. The van der Waals surface area contributed by atoms with E-state index in [0.29, 0.717) is 44.7 Å². The zero-order chi connectivity index (χ0) is 31.8. The van der Waals surface area contributed by atoms with Crippen LogP contribution in [0.1, 0.15) is 27.8 Å². The molecule has 0 bridgehead atoms. The first kappa shape index (κ1) is 26.3. The van der Waals surface area contributed by atoms with Gasteiger partial charge in [-0.05, 0) is 53.9 Å². The van der Waals surface area contributed by atoms with Crippen LogP contribution in [0.5, 0.6) is 0 Å². The van der Waals surface area contributed by atoms with Gasteiger partial charge in [-0.1, -0.05) is 42.5 Å². The fraction of sp³-hybridized carbons (Fsp3) is 0.0263. The summed E-state index contributed by atoms with van der Waals surface area (Å²) in [5.41, 5.74) is 9.30. The lowest BCUT2D eigenvalue weighted by atomic mass is 9.94. The van der Waals surface area contributed by atoms with Gasteiger partial charge >= 0.3 is 0 Å².